The Morgan fingerprint density at radius 1 is 1.64 bits per heavy atom. The van der Waals surface area contributed by atoms with Crippen molar-refractivity contribution < 1.29 is 9.53 Å². The molecule has 0 heterocycles. The van der Waals surface area contributed by atoms with E-state index in [4.69, 9.17) is 5.73 Å². The number of methoxy groups -OCH3 is 1. The first-order valence-corrected chi connectivity index (χ1v) is 3.99. The molecular formula is C8H15NO2. The molecule has 0 bridgehead atoms. The molecule has 1 aliphatic carbocycles. The summed E-state index contributed by atoms with van der Waals surface area (Å²) in [5.41, 5.74) is 5.84. The Kier molecular flexibility index (Phi) is 2.49. The fraction of sp³-hybridized carbons (Fsp3) is 0.875. The van der Waals surface area contributed by atoms with Crippen molar-refractivity contribution in [2.45, 2.75) is 25.7 Å². The van der Waals surface area contributed by atoms with Crippen LogP contribution < -0.4 is 5.73 Å². The molecule has 0 amide bonds. The highest BCUT2D eigenvalue weighted by atomic mass is 16.5. The van der Waals surface area contributed by atoms with E-state index in [0.29, 0.717) is 18.4 Å². The molecule has 1 rings (SSSR count). The van der Waals surface area contributed by atoms with Gasteiger partial charge >= 0.3 is 5.97 Å². The molecule has 2 N–H and O–H groups in total. The van der Waals surface area contributed by atoms with E-state index in [-0.39, 0.29) is 5.97 Å². The van der Waals surface area contributed by atoms with Crippen LogP contribution in [0.15, 0.2) is 0 Å². The van der Waals surface area contributed by atoms with E-state index in [1.807, 2.05) is 0 Å². The lowest BCUT2D eigenvalue weighted by atomic mass is 10.0. The Bertz CT molecular complexity index is 152. The van der Waals surface area contributed by atoms with Crippen LogP contribution in [0.25, 0.3) is 0 Å². The molecule has 1 aliphatic rings. The smallest absolute Gasteiger partial charge is 0.305 e. The second-order valence-electron chi connectivity index (χ2n) is 3.28. The third kappa shape index (κ3) is 2.19. The van der Waals surface area contributed by atoms with Crippen LogP contribution in [-0.4, -0.2) is 19.6 Å². The van der Waals surface area contributed by atoms with Gasteiger partial charge in [-0.05, 0) is 31.2 Å². The van der Waals surface area contributed by atoms with Crippen LogP contribution in [-0.2, 0) is 9.53 Å². The average molecular weight is 157 g/mol. The molecule has 0 atom stereocenters. The zero-order valence-corrected chi connectivity index (χ0v) is 6.93. The summed E-state index contributed by atoms with van der Waals surface area (Å²) in [5, 5.41) is 0. The number of nitrogens with two attached hydrogens (primary N) is 1. The van der Waals surface area contributed by atoms with Crippen LogP contribution in [0, 0.1) is 5.41 Å². The van der Waals surface area contributed by atoms with Crippen LogP contribution in [0.3, 0.4) is 0 Å². The highest BCUT2D eigenvalue weighted by molar-refractivity contribution is 5.69. The largest absolute Gasteiger partial charge is 0.469 e. The lowest BCUT2D eigenvalue weighted by Gasteiger charge is -2.09. The van der Waals surface area contributed by atoms with Gasteiger partial charge in [-0.1, -0.05) is 0 Å². The van der Waals surface area contributed by atoms with Gasteiger partial charge in [0, 0.05) is 6.42 Å². The van der Waals surface area contributed by atoms with Crippen molar-refractivity contribution in [1.82, 2.24) is 0 Å². The van der Waals surface area contributed by atoms with Crippen LogP contribution in [0.1, 0.15) is 25.7 Å². The molecule has 0 aromatic carbocycles. The third-order valence-electron chi connectivity index (χ3n) is 2.48. The van der Waals surface area contributed by atoms with Gasteiger partial charge in [0.05, 0.1) is 7.11 Å². The molecule has 11 heavy (non-hydrogen) atoms. The SMILES string of the molecule is COC(=O)CCC1(CN)CC1. The molecule has 3 heteroatoms. The van der Waals surface area contributed by atoms with Gasteiger partial charge in [-0.25, -0.2) is 0 Å². The molecule has 64 valence electrons. The van der Waals surface area contributed by atoms with E-state index in [2.05, 4.69) is 4.74 Å². The summed E-state index contributed by atoms with van der Waals surface area (Å²) < 4.78 is 4.54. The number of rotatable bonds is 4. The first-order valence-electron chi connectivity index (χ1n) is 3.99. The number of carbonyl (C=O) groups excluding carboxylic acids is 1. The van der Waals surface area contributed by atoms with Crippen molar-refractivity contribution in [1.29, 1.82) is 0 Å². The number of hydrogen-bond acceptors (Lipinski definition) is 3. The fourth-order valence-corrected chi connectivity index (χ4v) is 1.20. The Morgan fingerprint density at radius 3 is 2.64 bits per heavy atom. The minimum absolute atomic E-state index is 0.121. The van der Waals surface area contributed by atoms with Crippen LogP contribution >= 0.6 is 0 Å². The summed E-state index contributed by atoms with van der Waals surface area (Å²) in [6, 6.07) is 0. The second-order valence-corrected chi connectivity index (χ2v) is 3.28. The molecule has 0 aliphatic heterocycles. The maximum Gasteiger partial charge on any atom is 0.305 e. The summed E-state index contributed by atoms with van der Waals surface area (Å²) in [7, 11) is 1.42. The molecule has 1 fully saturated rings. The van der Waals surface area contributed by atoms with E-state index in [1.54, 1.807) is 0 Å². The van der Waals surface area contributed by atoms with E-state index in [0.717, 1.165) is 6.42 Å². The second kappa shape index (κ2) is 3.22. The summed E-state index contributed by atoms with van der Waals surface area (Å²) in [5.74, 6) is -0.121. The minimum atomic E-state index is -0.121. The highest BCUT2D eigenvalue weighted by Crippen LogP contribution is 2.48. The highest BCUT2D eigenvalue weighted by Gasteiger charge is 2.40. The zero-order valence-electron chi connectivity index (χ0n) is 6.93. The maximum absolute atomic E-state index is 10.7. The lowest BCUT2D eigenvalue weighted by molar-refractivity contribution is -0.141. The van der Waals surface area contributed by atoms with E-state index < -0.39 is 0 Å². The molecule has 3 nitrogen and oxygen atoms in total. The quantitative estimate of drug-likeness (QED) is 0.610. The predicted molar refractivity (Wildman–Crippen MR) is 42.0 cm³/mol. The molecule has 0 radical (unpaired) electrons. The van der Waals surface area contributed by atoms with Gasteiger partial charge in [0.1, 0.15) is 0 Å². The summed E-state index contributed by atoms with van der Waals surface area (Å²) >= 11 is 0. The molecular weight excluding hydrogens is 142 g/mol. The fourth-order valence-electron chi connectivity index (χ4n) is 1.20. The lowest BCUT2D eigenvalue weighted by Crippen LogP contribution is -2.16. The Morgan fingerprint density at radius 2 is 2.27 bits per heavy atom. The van der Waals surface area contributed by atoms with Crippen molar-refractivity contribution in [2.24, 2.45) is 11.1 Å². The van der Waals surface area contributed by atoms with E-state index in [1.165, 1.54) is 20.0 Å². The summed E-state index contributed by atoms with van der Waals surface area (Å²) in [6.45, 7) is 0.712. The van der Waals surface area contributed by atoms with Gasteiger partial charge in [-0.2, -0.15) is 0 Å². The molecule has 1 saturated carbocycles. The number of carbonyl (C=O) groups is 1. The first-order chi connectivity index (χ1) is 5.22. The topological polar surface area (TPSA) is 52.3 Å². The summed E-state index contributed by atoms with van der Waals surface area (Å²) in [6.07, 6.45) is 3.78. The van der Waals surface area contributed by atoms with Crippen molar-refractivity contribution >= 4 is 5.97 Å². The maximum atomic E-state index is 10.7. The molecule has 0 unspecified atom stereocenters. The van der Waals surface area contributed by atoms with Gasteiger partial charge in [0.15, 0.2) is 0 Å². The van der Waals surface area contributed by atoms with Crippen molar-refractivity contribution in [3.05, 3.63) is 0 Å². The number of ether oxygens (including phenoxy) is 1. The normalized spacial score (nSPS) is 19.5. The Balaban J connectivity index is 2.16. The zero-order chi connectivity index (χ0) is 8.32. The Hall–Kier alpha value is -0.570. The number of hydrogen-bond donors (Lipinski definition) is 1. The van der Waals surface area contributed by atoms with Crippen LogP contribution in [0.5, 0.6) is 0 Å². The van der Waals surface area contributed by atoms with Gasteiger partial charge in [0.25, 0.3) is 0 Å². The molecule has 0 aromatic rings. The standard InChI is InChI=1S/C8H15NO2/c1-11-7(10)2-3-8(6-9)4-5-8/h2-6,9H2,1H3. The van der Waals surface area contributed by atoms with Crippen molar-refractivity contribution in [3.8, 4) is 0 Å². The molecule has 0 saturated heterocycles. The van der Waals surface area contributed by atoms with Gasteiger partial charge in [-0.15, -0.1) is 0 Å². The third-order valence-corrected chi connectivity index (χ3v) is 2.48. The van der Waals surface area contributed by atoms with E-state index in [9.17, 15) is 4.79 Å². The summed E-state index contributed by atoms with van der Waals surface area (Å²) in [4.78, 5) is 10.7. The van der Waals surface area contributed by atoms with Crippen molar-refractivity contribution in [2.75, 3.05) is 13.7 Å². The first kappa shape index (κ1) is 8.53. The minimum Gasteiger partial charge on any atom is -0.469 e. The van der Waals surface area contributed by atoms with E-state index >= 15 is 0 Å². The molecule has 0 aromatic heterocycles. The molecule has 0 spiro atoms. The average Bonchev–Trinajstić information content (AvgIpc) is 2.81. The van der Waals surface area contributed by atoms with Gasteiger partial charge in [0.2, 0.25) is 0 Å². The van der Waals surface area contributed by atoms with Crippen LogP contribution in [0.4, 0.5) is 0 Å². The Labute approximate surface area is 66.9 Å². The van der Waals surface area contributed by atoms with Crippen molar-refractivity contribution in [3.63, 3.8) is 0 Å². The van der Waals surface area contributed by atoms with Gasteiger partial charge < -0.3 is 10.5 Å². The predicted octanol–water partition coefficient (Wildman–Crippen LogP) is 0.678. The monoisotopic (exact) mass is 157 g/mol. The number of esters is 1. The van der Waals surface area contributed by atoms with Gasteiger partial charge in [-0.3, -0.25) is 4.79 Å². The van der Waals surface area contributed by atoms with Crippen LogP contribution in [0.2, 0.25) is 0 Å².